The van der Waals surface area contributed by atoms with Crippen molar-refractivity contribution in [3.63, 3.8) is 0 Å². The molecule has 0 atom stereocenters. The standard InChI is InChI=1S/C13H10N4O3/c18-11-5-2-6-14-17(11)8-9-3-1-4-10(7-9)12-15-13(19)20-16-12/h1-7H,8H2,(H,15,16,19). The Balaban J connectivity index is 1.94. The van der Waals surface area contributed by atoms with Crippen molar-refractivity contribution in [3.05, 3.63) is 69.1 Å². The Bertz CT molecular complexity index is 847. The van der Waals surface area contributed by atoms with Crippen LogP contribution in [0, 0.1) is 0 Å². The maximum atomic E-state index is 11.6. The maximum absolute atomic E-state index is 11.6. The first kappa shape index (κ1) is 12.1. The van der Waals surface area contributed by atoms with E-state index in [9.17, 15) is 9.59 Å². The van der Waals surface area contributed by atoms with E-state index in [1.807, 2.05) is 18.2 Å². The summed E-state index contributed by atoms with van der Waals surface area (Å²) in [6.45, 7) is 0.343. The molecule has 3 rings (SSSR count). The average Bonchev–Trinajstić information content (AvgIpc) is 2.89. The van der Waals surface area contributed by atoms with Crippen LogP contribution in [-0.2, 0) is 6.54 Å². The van der Waals surface area contributed by atoms with Crippen LogP contribution in [0.4, 0.5) is 0 Å². The molecule has 1 N–H and O–H groups in total. The lowest BCUT2D eigenvalue weighted by molar-refractivity contribution is 0.388. The molecular formula is C13H10N4O3. The molecule has 3 aromatic rings. The zero-order valence-corrected chi connectivity index (χ0v) is 10.3. The summed E-state index contributed by atoms with van der Waals surface area (Å²) >= 11 is 0. The number of aromatic nitrogens is 4. The van der Waals surface area contributed by atoms with Crippen LogP contribution in [0.15, 0.2) is 56.7 Å². The first-order valence-corrected chi connectivity index (χ1v) is 5.90. The van der Waals surface area contributed by atoms with E-state index in [1.54, 1.807) is 18.3 Å². The van der Waals surface area contributed by atoms with Gasteiger partial charge in [-0.05, 0) is 17.7 Å². The van der Waals surface area contributed by atoms with Gasteiger partial charge in [0.05, 0.1) is 6.54 Å². The molecule has 0 unspecified atom stereocenters. The number of aromatic amines is 1. The molecule has 0 radical (unpaired) electrons. The van der Waals surface area contributed by atoms with Crippen LogP contribution in [0.1, 0.15) is 5.56 Å². The largest absolute Gasteiger partial charge is 0.439 e. The third-order valence-electron chi connectivity index (χ3n) is 2.76. The van der Waals surface area contributed by atoms with Crippen molar-refractivity contribution in [1.82, 2.24) is 19.9 Å². The Morgan fingerprint density at radius 3 is 2.85 bits per heavy atom. The van der Waals surface area contributed by atoms with E-state index in [0.717, 1.165) is 5.56 Å². The smallest absolute Gasteiger partial charge is 0.296 e. The summed E-state index contributed by atoms with van der Waals surface area (Å²) in [4.78, 5) is 25.0. The molecule has 2 aromatic heterocycles. The van der Waals surface area contributed by atoms with Gasteiger partial charge in [-0.25, -0.2) is 9.48 Å². The lowest BCUT2D eigenvalue weighted by Crippen LogP contribution is -2.21. The van der Waals surface area contributed by atoms with Gasteiger partial charge in [-0.3, -0.25) is 14.3 Å². The minimum Gasteiger partial charge on any atom is -0.296 e. The molecule has 20 heavy (non-hydrogen) atoms. The summed E-state index contributed by atoms with van der Waals surface area (Å²) in [7, 11) is 0. The molecule has 0 bridgehead atoms. The van der Waals surface area contributed by atoms with E-state index in [4.69, 9.17) is 0 Å². The minimum atomic E-state index is -0.605. The van der Waals surface area contributed by atoms with Crippen LogP contribution in [0.25, 0.3) is 11.4 Å². The monoisotopic (exact) mass is 270 g/mol. The highest BCUT2D eigenvalue weighted by atomic mass is 16.5. The van der Waals surface area contributed by atoms with E-state index in [2.05, 4.69) is 19.8 Å². The van der Waals surface area contributed by atoms with Gasteiger partial charge in [-0.2, -0.15) is 5.10 Å². The van der Waals surface area contributed by atoms with Crippen LogP contribution in [0.5, 0.6) is 0 Å². The summed E-state index contributed by atoms with van der Waals surface area (Å²) in [5.41, 5.74) is 1.40. The van der Waals surface area contributed by atoms with Crippen LogP contribution in [0.2, 0.25) is 0 Å². The third kappa shape index (κ3) is 2.41. The predicted molar refractivity (Wildman–Crippen MR) is 70.2 cm³/mol. The van der Waals surface area contributed by atoms with Gasteiger partial charge in [-0.15, -0.1) is 0 Å². The fourth-order valence-corrected chi connectivity index (χ4v) is 1.85. The quantitative estimate of drug-likeness (QED) is 0.753. The summed E-state index contributed by atoms with van der Waals surface area (Å²) in [5.74, 6) is -0.253. The Hall–Kier alpha value is -2.96. The molecule has 7 heteroatoms. The molecular weight excluding hydrogens is 260 g/mol. The number of rotatable bonds is 3. The fourth-order valence-electron chi connectivity index (χ4n) is 1.85. The number of nitrogens with one attached hydrogen (secondary N) is 1. The van der Waals surface area contributed by atoms with Crippen molar-refractivity contribution in [2.45, 2.75) is 6.54 Å². The number of H-pyrrole nitrogens is 1. The van der Waals surface area contributed by atoms with E-state index in [-0.39, 0.29) is 5.56 Å². The number of nitrogens with zero attached hydrogens (tertiary/aromatic N) is 3. The second-order valence-corrected chi connectivity index (χ2v) is 4.16. The van der Waals surface area contributed by atoms with Crippen molar-refractivity contribution in [2.75, 3.05) is 0 Å². The number of hydrogen-bond donors (Lipinski definition) is 1. The van der Waals surface area contributed by atoms with Gasteiger partial charge < -0.3 is 0 Å². The second kappa shape index (κ2) is 4.96. The maximum Gasteiger partial charge on any atom is 0.439 e. The van der Waals surface area contributed by atoms with E-state index >= 15 is 0 Å². The predicted octanol–water partition coefficient (Wildman–Crippen LogP) is 0.635. The molecule has 0 aliphatic carbocycles. The zero-order chi connectivity index (χ0) is 13.9. The highest BCUT2D eigenvalue weighted by Crippen LogP contribution is 2.15. The molecule has 0 aliphatic heterocycles. The minimum absolute atomic E-state index is 0.173. The lowest BCUT2D eigenvalue weighted by atomic mass is 10.1. The topological polar surface area (TPSA) is 93.8 Å². The highest BCUT2D eigenvalue weighted by Gasteiger charge is 2.05. The van der Waals surface area contributed by atoms with Gasteiger partial charge >= 0.3 is 5.76 Å². The van der Waals surface area contributed by atoms with Gasteiger partial charge in [-0.1, -0.05) is 23.4 Å². The van der Waals surface area contributed by atoms with Gasteiger partial charge in [0.15, 0.2) is 5.82 Å². The van der Waals surface area contributed by atoms with Crippen molar-refractivity contribution in [2.24, 2.45) is 0 Å². The Morgan fingerprint density at radius 2 is 2.10 bits per heavy atom. The Kier molecular flexibility index (Phi) is 3.00. The van der Waals surface area contributed by atoms with Gasteiger partial charge in [0.25, 0.3) is 5.56 Å². The summed E-state index contributed by atoms with van der Waals surface area (Å²) in [5, 5.41) is 7.62. The van der Waals surface area contributed by atoms with Crippen molar-refractivity contribution in [1.29, 1.82) is 0 Å². The Morgan fingerprint density at radius 1 is 1.20 bits per heavy atom. The molecule has 2 heterocycles. The Labute approximate surface area is 112 Å². The van der Waals surface area contributed by atoms with Crippen molar-refractivity contribution >= 4 is 0 Å². The second-order valence-electron chi connectivity index (χ2n) is 4.16. The normalized spacial score (nSPS) is 10.6. The van der Waals surface area contributed by atoms with Crippen LogP contribution in [-0.4, -0.2) is 19.9 Å². The molecule has 0 amide bonds. The summed E-state index contributed by atoms with van der Waals surface area (Å²) in [6, 6.07) is 10.3. The van der Waals surface area contributed by atoms with Gasteiger partial charge in [0, 0.05) is 17.8 Å². The van der Waals surface area contributed by atoms with Gasteiger partial charge in [0.2, 0.25) is 0 Å². The first-order valence-electron chi connectivity index (χ1n) is 5.90. The number of hydrogen-bond acceptors (Lipinski definition) is 5. The lowest BCUT2D eigenvalue weighted by Gasteiger charge is -2.04. The molecule has 100 valence electrons. The SMILES string of the molecule is O=c1[nH]c(-c2cccc(Cn3ncccc3=O)c2)no1. The molecule has 1 aromatic carbocycles. The highest BCUT2D eigenvalue weighted by molar-refractivity contribution is 5.55. The molecule has 7 nitrogen and oxygen atoms in total. The van der Waals surface area contributed by atoms with Crippen LogP contribution < -0.4 is 11.3 Å². The molecule has 0 spiro atoms. The van der Waals surface area contributed by atoms with E-state index < -0.39 is 5.76 Å². The van der Waals surface area contributed by atoms with E-state index in [0.29, 0.717) is 17.9 Å². The van der Waals surface area contributed by atoms with Gasteiger partial charge in [0.1, 0.15) is 0 Å². The third-order valence-corrected chi connectivity index (χ3v) is 2.76. The van der Waals surface area contributed by atoms with Crippen molar-refractivity contribution < 1.29 is 4.52 Å². The number of benzene rings is 1. The summed E-state index contributed by atoms with van der Waals surface area (Å²) in [6.07, 6.45) is 1.56. The zero-order valence-electron chi connectivity index (χ0n) is 10.3. The molecule has 0 fully saturated rings. The molecule has 0 saturated carbocycles. The fraction of sp³-hybridized carbons (Fsp3) is 0.0769. The first-order chi connectivity index (χ1) is 9.72. The summed E-state index contributed by atoms with van der Waals surface area (Å²) < 4.78 is 5.82. The van der Waals surface area contributed by atoms with E-state index in [1.165, 1.54) is 10.7 Å². The van der Waals surface area contributed by atoms with Crippen molar-refractivity contribution in [3.8, 4) is 11.4 Å². The van der Waals surface area contributed by atoms with Crippen LogP contribution >= 0.6 is 0 Å². The van der Waals surface area contributed by atoms with Crippen LogP contribution in [0.3, 0.4) is 0 Å². The molecule has 0 saturated heterocycles. The molecule has 0 aliphatic rings. The average molecular weight is 270 g/mol.